The van der Waals surface area contributed by atoms with Crippen molar-refractivity contribution in [3.8, 4) is 0 Å². The average molecular weight is 469 g/mol. The van der Waals surface area contributed by atoms with Gasteiger partial charge in [-0.15, -0.1) is 0 Å². The molecule has 3 aromatic carbocycles. The van der Waals surface area contributed by atoms with Crippen LogP contribution in [0.15, 0.2) is 66.7 Å². The topological polar surface area (TPSA) is 98.7 Å². The molecule has 3 rings (SSSR count). The molecule has 0 aliphatic heterocycles. The average Bonchev–Trinajstić information content (AvgIpc) is 2.76. The number of amides is 2. The molecule has 0 spiro atoms. The monoisotopic (exact) mass is 468 g/mol. The summed E-state index contributed by atoms with van der Waals surface area (Å²) in [6.07, 6.45) is -0.369. The van der Waals surface area contributed by atoms with Gasteiger partial charge in [0.2, 0.25) is 5.91 Å². The standard InChI is InChI=1S/C21H20BClN2O4.C4H10/c23-18-7-3-6-16(11-18)19(12-20(26)24-13-22(28)29)25-21(27)17-9-8-14-4-1-2-5-15(14)10-17;1-4(2)3/h1-11,19,28-29H,12-13H2,(H,24,26)(H,25,27);4H,1-3H3. The fourth-order valence-electron chi connectivity index (χ4n) is 3.01. The number of carbonyl (C=O) groups excluding carboxylic acids is 2. The lowest BCUT2D eigenvalue weighted by Crippen LogP contribution is -2.38. The van der Waals surface area contributed by atoms with Gasteiger partial charge in [-0.05, 0) is 46.5 Å². The van der Waals surface area contributed by atoms with Crippen LogP contribution in [0.3, 0.4) is 0 Å². The van der Waals surface area contributed by atoms with Crippen LogP contribution in [0.2, 0.25) is 5.02 Å². The maximum Gasteiger partial charge on any atom is 0.472 e. The van der Waals surface area contributed by atoms with Gasteiger partial charge in [0.25, 0.3) is 5.91 Å². The molecule has 0 aliphatic carbocycles. The molecule has 0 fully saturated rings. The Labute approximate surface area is 200 Å². The van der Waals surface area contributed by atoms with Crippen molar-refractivity contribution in [2.45, 2.75) is 33.2 Å². The zero-order chi connectivity index (χ0) is 24.4. The van der Waals surface area contributed by atoms with E-state index in [1.165, 1.54) is 0 Å². The molecule has 0 bridgehead atoms. The molecule has 33 heavy (non-hydrogen) atoms. The first-order valence-corrected chi connectivity index (χ1v) is 11.2. The summed E-state index contributed by atoms with van der Waals surface area (Å²) in [5, 5.41) is 25.6. The Balaban J connectivity index is 0.000000890. The maximum atomic E-state index is 12.8. The number of rotatable bonds is 7. The lowest BCUT2D eigenvalue weighted by molar-refractivity contribution is -0.121. The fourth-order valence-corrected chi connectivity index (χ4v) is 3.21. The lowest BCUT2D eigenvalue weighted by Gasteiger charge is -2.19. The van der Waals surface area contributed by atoms with Gasteiger partial charge in [-0.25, -0.2) is 0 Å². The van der Waals surface area contributed by atoms with E-state index in [4.69, 9.17) is 21.6 Å². The molecule has 0 saturated carbocycles. The van der Waals surface area contributed by atoms with Crippen molar-refractivity contribution in [1.29, 1.82) is 0 Å². The molecule has 8 heteroatoms. The first-order chi connectivity index (χ1) is 15.7. The summed E-state index contributed by atoms with van der Waals surface area (Å²) in [5.74, 6) is 0.0811. The largest absolute Gasteiger partial charge is 0.472 e. The van der Waals surface area contributed by atoms with Crippen LogP contribution in [0.5, 0.6) is 0 Å². The van der Waals surface area contributed by atoms with Gasteiger partial charge in [0.15, 0.2) is 0 Å². The first-order valence-electron chi connectivity index (χ1n) is 10.8. The van der Waals surface area contributed by atoms with Crippen LogP contribution in [-0.2, 0) is 4.79 Å². The quantitative estimate of drug-likeness (QED) is 0.392. The van der Waals surface area contributed by atoms with Gasteiger partial charge >= 0.3 is 7.12 Å². The number of carbonyl (C=O) groups is 2. The zero-order valence-electron chi connectivity index (χ0n) is 19.1. The van der Waals surface area contributed by atoms with E-state index in [1.54, 1.807) is 36.4 Å². The van der Waals surface area contributed by atoms with E-state index in [9.17, 15) is 9.59 Å². The van der Waals surface area contributed by atoms with Crippen molar-refractivity contribution >= 4 is 41.3 Å². The second-order valence-electron chi connectivity index (χ2n) is 8.36. The van der Waals surface area contributed by atoms with Crippen LogP contribution >= 0.6 is 11.6 Å². The number of nitrogens with one attached hydrogen (secondary N) is 2. The molecule has 6 nitrogen and oxygen atoms in total. The van der Waals surface area contributed by atoms with Gasteiger partial charge in [0.1, 0.15) is 0 Å². The summed E-state index contributed by atoms with van der Waals surface area (Å²) in [7, 11) is -1.64. The van der Waals surface area contributed by atoms with Gasteiger partial charge in [-0.3, -0.25) is 9.59 Å². The maximum absolute atomic E-state index is 12.8. The Morgan fingerprint density at radius 2 is 1.61 bits per heavy atom. The highest BCUT2D eigenvalue weighted by Gasteiger charge is 2.20. The SMILES string of the molecule is CC(C)C.O=C(CC(NC(=O)c1ccc2ccccc2c1)c1cccc(Cl)c1)NCB(O)O. The minimum absolute atomic E-state index is 0.0770. The van der Waals surface area contributed by atoms with Crippen molar-refractivity contribution in [3.05, 3.63) is 82.9 Å². The summed E-state index contributed by atoms with van der Waals surface area (Å²) in [6.45, 7) is 6.50. The Bertz CT molecular complexity index is 1070. The predicted octanol–water partition coefficient (Wildman–Crippen LogP) is 4.14. The van der Waals surface area contributed by atoms with Crippen molar-refractivity contribution in [3.63, 3.8) is 0 Å². The summed E-state index contributed by atoms with van der Waals surface area (Å²) in [4.78, 5) is 25.0. The van der Waals surface area contributed by atoms with Crippen LogP contribution < -0.4 is 10.6 Å². The molecule has 4 N–H and O–H groups in total. The Kier molecular flexibility index (Phi) is 10.4. The molecule has 2 amide bonds. The molecule has 0 aromatic heterocycles. The van der Waals surface area contributed by atoms with Crippen LogP contribution in [-0.4, -0.2) is 35.4 Å². The smallest absolute Gasteiger partial charge is 0.426 e. The molecule has 0 aliphatic rings. The van der Waals surface area contributed by atoms with E-state index in [1.807, 2.05) is 30.3 Å². The third-order valence-electron chi connectivity index (χ3n) is 4.44. The summed E-state index contributed by atoms with van der Waals surface area (Å²) < 4.78 is 0. The minimum atomic E-state index is -1.64. The highest BCUT2D eigenvalue weighted by atomic mass is 35.5. The van der Waals surface area contributed by atoms with E-state index >= 15 is 0 Å². The molecule has 174 valence electrons. The molecule has 1 unspecified atom stereocenters. The van der Waals surface area contributed by atoms with Crippen molar-refractivity contribution < 1.29 is 19.6 Å². The number of hydrogen-bond acceptors (Lipinski definition) is 4. The van der Waals surface area contributed by atoms with Crippen LogP contribution in [0.4, 0.5) is 0 Å². The normalized spacial score (nSPS) is 11.4. The number of hydrogen-bond donors (Lipinski definition) is 4. The van der Waals surface area contributed by atoms with Crippen molar-refractivity contribution in [1.82, 2.24) is 10.6 Å². The van der Waals surface area contributed by atoms with Gasteiger partial charge in [0.05, 0.1) is 18.9 Å². The van der Waals surface area contributed by atoms with E-state index < -0.39 is 19.1 Å². The van der Waals surface area contributed by atoms with Gasteiger partial charge in [-0.1, -0.05) is 74.8 Å². The Morgan fingerprint density at radius 3 is 2.24 bits per heavy atom. The van der Waals surface area contributed by atoms with Gasteiger partial charge in [-0.2, -0.15) is 0 Å². The third-order valence-corrected chi connectivity index (χ3v) is 4.67. The van der Waals surface area contributed by atoms with Gasteiger partial charge < -0.3 is 20.7 Å². The Hall–Kier alpha value is -2.87. The fraction of sp³-hybridized carbons (Fsp3) is 0.280. The second-order valence-corrected chi connectivity index (χ2v) is 8.80. The van der Waals surface area contributed by atoms with E-state index in [2.05, 4.69) is 31.4 Å². The van der Waals surface area contributed by atoms with E-state index in [0.29, 0.717) is 16.1 Å². The van der Waals surface area contributed by atoms with Crippen LogP contribution in [0, 0.1) is 5.92 Å². The number of halogens is 1. The van der Waals surface area contributed by atoms with E-state index in [0.717, 1.165) is 16.7 Å². The van der Waals surface area contributed by atoms with E-state index in [-0.39, 0.29) is 18.8 Å². The summed E-state index contributed by atoms with van der Waals surface area (Å²) >= 11 is 6.07. The molecule has 0 radical (unpaired) electrons. The molecule has 1 atom stereocenters. The molecule has 0 saturated heterocycles. The third kappa shape index (κ3) is 9.26. The van der Waals surface area contributed by atoms with Crippen molar-refractivity contribution in [2.24, 2.45) is 5.92 Å². The summed E-state index contributed by atoms with van der Waals surface area (Å²) in [6, 6.07) is 19.4. The van der Waals surface area contributed by atoms with Crippen LogP contribution in [0.1, 0.15) is 49.2 Å². The molecule has 0 heterocycles. The highest BCUT2D eigenvalue weighted by molar-refractivity contribution is 6.41. The summed E-state index contributed by atoms with van der Waals surface area (Å²) in [5.41, 5.74) is 1.15. The minimum Gasteiger partial charge on any atom is -0.426 e. The first kappa shape index (κ1) is 26.4. The van der Waals surface area contributed by atoms with Crippen molar-refractivity contribution in [2.75, 3.05) is 6.44 Å². The zero-order valence-corrected chi connectivity index (χ0v) is 19.8. The van der Waals surface area contributed by atoms with Crippen LogP contribution in [0.25, 0.3) is 10.8 Å². The lowest BCUT2D eigenvalue weighted by atomic mass is 9.92. The molecular formula is C25H30BClN2O4. The second kappa shape index (κ2) is 13.0. The highest BCUT2D eigenvalue weighted by Crippen LogP contribution is 2.22. The molecular weight excluding hydrogens is 439 g/mol. The number of benzene rings is 3. The van der Waals surface area contributed by atoms with Gasteiger partial charge in [0, 0.05) is 10.6 Å². The Morgan fingerprint density at radius 1 is 0.939 bits per heavy atom. The number of fused-ring (bicyclic) bond motifs is 1. The predicted molar refractivity (Wildman–Crippen MR) is 134 cm³/mol. The molecule has 3 aromatic rings.